The van der Waals surface area contributed by atoms with E-state index in [1.165, 1.54) is 0 Å². The first-order valence-corrected chi connectivity index (χ1v) is 13.9. The Morgan fingerprint density at radius 1 is 1.03 bits per heavy atom. The molecule has 2 aromatic rings. The zero-order valence-corrected chi connectivity index (χ0v) is 20.7. The molecule has 11 heteroatoms. The molecule has 1 saturated carbocycles. The molecule has 5 heterocycles. The number of halogens is 1. The minimum Gasteiger partial charge on any atom is -0.394 e. The molecule has 0 bridgehead atoms. The highest BCUT2D eigenvalue weighted by molar-refractivity contribution is 7.85. The highest BCUT2D eigenvalue weighted by Crippen LogP contribution is 2.39. The van der Waals surface area contributed by atoms with Crippen molar-refractivity contribution in [1.29, 1.82) is 0 Å². The number of nitrogens with one attached hydrogen (secondary N) is 1. The molecule has 4 aliphatic rings. The fourth-order valence-corrected chi connectivity index (χ4v) is 7.20. The maximum Gasteiger partial charge on any atom is 0.227 e. The van der Waals surface area contributed by atoms with Crippen LogP contribution in [0.25, 0.3) is 0 Å². The van der Waals surface area contributed by atoms with Gasteiger partial charge in [0.15, 0.2) is 0 Å². The summed E-state index contributed by atoms with van der Waals surface area (Å²) in [6.07, 6.45) is 8.92. The summed E-state index contributed by atoms with van der Waals surface area (Å²) in [6, 6.07) is 0. The van der Waals surface area contributed by atoms with Gasteiger partial charge in [0, 0.05) is 43.8 Å². The van der Waals surface area contributed by atoms with Crippen molar-refractivity contribution in [1.82, 2.24) is 19.9 Å². The Bertz CT molecular complexity index is 1080. The lowest BCUT2D eigenvalue weighted by Crippen LogP contribution is -2.49. The van der Waals surface area contributed by atoms with Crippen LogP contribution in [0.15, 0.2) is 17.3 Å². The average molecular weight is 504 g/mol. The number of aryl methyl sites for hydroxylation is 1. The number of fused-ring (bicyclic) bond motifs is 2. The second kappa shape index (κ2) is 8.87. The van der Waals surface area contributed by atoms with Gasteiger partial charge in [0.25, 0.3) is 0 Å². The first kappa shape index (κ1) is 22.4. The first-order valence-electron chi connectivity index (χ1n) is 12.2. The zero-order valence-electron chi connectivity index (χ0n) is 19.1. The summed E-state index contributed by atoms with van der Waals surface area (Å²) in [5, 5.41) is 14.1. The number of aliphatic hydroxyl groups is 1. The monoisotopic (exact) mass is 503 g/mol. The molecule has 3 fully saturated rings. The van der Waals surface area contributed by atoms with Gasteiger partial charge in [-0.3, -0.25) is 4.21 Å². The van der Waals surface area contributed by atoms with Crippen molar-refractivity contribution in [2.45, 2.75) is 49.0 Å². The van der Waals surface area contributed by atoms with E-state index in [1.807, 2.05) is 0 Å². The topological polar surface area (TPSA) is 107 Å². The second-order valence-electron chi connectivity index (χ2n) is 10.1. The first-order chi connectivity index (χ1) is 16.5. The molecule has 0 radical (unpaired) electrons. The van der Waals surface area contributed by atoms with Crippen molar-refractivity contribution >= 4 is 40.1 Å². The van der Waals surface area contributed by atoms with E-state index < -0.39 is 10.8 Å². The van der Waals surface area contributed by atoms with E-state index in [-0.39, 0.29) is 12.1 Å². The Kier molecular flexibility index (Phi) is 5.85. The molecular formula is C23H30ClN7O2S. The molecule has 0 spiro atoms. The fraction of sp³-hybridized carbons (Fsp3) is 0.652. The molecule has 2 saturated heterocycles. The molecular weight excluding hydrogens is 474 g/mol. The summed E-state index contributed by atoms with van der Waals surface area (Å²) in [7, 11) is -1.12. The van der Waals surface area contributed by atoms with Crippen molar-refractivity contribution in [3.05, 3.63) is 23.1 Å². The SMILES string of the molecule is O=[S@]1CCCCc2nc(N3CC4CN(c5ncc(Cl)cn5)CC4C3)nc(NC3(CO)CCC3)c21. The van der Waals surface area contributed by atoms with E-state index in [1.54, 1.807) is 12.4 Å². The lowest BCUT2D eigenvalue weighted by Gasteiger charge is -2.42. The maximum absolute atomic E-state index is 13.1. The van der Waals surface area contributed by atoms with Gasteiger partial charge < -0.3 is 20.2 Å². The van der Waals surface area contributed by atoms with Crippen LogP contribution in [0.1, 0.15) is 37.8 Å². The lowest BCUT2D eigenvalue weighted by molar-refractivity contribution is 0.143. The molecule has 182 valence electrons. The molecule has 3 atom stereocenters. The summed E-state index contributed by atoms with van der Waals surface area (Å²) in [5.74, 6) is 3.74. The van der Waals surface area contributed by atoms with Crippen LogP contribution in [-0.4, -0.2) is 73.3 Å². The van der Waals surface area contributed by atoms with Crippen molar-refractivity contribution in [2.24, 2.45) is 11.8 Å². The van der Waals surface area contributed by atoms with Gasteiger partial charge in [-0.25, -0.2) is 15.0 Å². The third-order valence-corrected chi connectivity index (χ3v) is 9.54. The Hall–Kier alpha value is -2.04. The quantitative estimate of drug-likeness (QED) is 0.635. The van der Waals surface area contributed by atoms with E-state index in [0.717, 1.165) is 87.2 Å². The Morgan fingerprint density at radius 3 is 2.32 bits per heavy atom. The molecule has 2 aromatic heterocycles. The van der Waals surface area contributed by atoms with Crippen molar-refractivity contribution < 1.29 is 9.32 Å². The van der Waals surface area contributed by atoms with Gasteiger partial charge in [0.2, 0.25) is 11.9 Å². The average Bonchev–Trinajstić information content (AvgIpc) is 3.33. The molecule has 6 rings (SSSR count). The number of hydrogen-bond acceptors (Lipinski definition) is 9. The minimum atomic E-state index is -1.12. The molecule has 0 aromatic carbocycles. The Labute approximate surface area is 206 Å². The van der Waals surface area contributed by atoms with Crippen LogP contribution in [0.4, 0.5) is 17.7 Å². The van der Waals surface area contributed by atoms with Gasteiger partial charge >= 0.3 is 0 Å². The standard InChI is InChI=1S/C23H30ClN7O2S/c24-17-8-25-21(26-9-17)30-10-15-12-31(13-16(15)11-30)22-27-18-4-1-2-7-34(33)19(18)20(28-22)29-23(14-32)5-3-6-23/h8-9,15-16,32H,1-7,10-14H2,(H,27,28,29)/t15?,16?,34-/m0/s1. The van der Waals surface area contributed by atoms with E-state index >= 15 is 0 Å². The van der Waals surface area contributed by atoms with E-state index in [9.17, 15) is 9.32 Å². The Balaban J connectivity index is 1.25. The number of nitrogens with zero attached hydrogens (tertiary/aromatic N) is 6. The lowest BCUT2D eigenvalue weighted by atomic mass is 9.77. The van der Waals surface area contributed by atoms with Gasteiger partial charge in [-0.2, -0.15) is 4.98 Å². The maximum atomic E-state index is 13.1. The molecule has 9 nitrogen and oxygen atoms in total. The second-order valence-corrected chi connectivity index (χ2v) is 12.0. The molecule has 2 unspecified atom stereocenters. The summed E-state index contributed by atoms with van der Waals surface area (Å²) in [5.41, 5.74) is 0.556. The van der Waals surface area contributed by atoms with E-state index in [4.69, 9.17) is 21.6 Å². The molecule has 1 aliphatic carbocycles. The van der Waals surface area contributed by atoms with Gasteiger partial charge in [-0.1, -0.05) is 11.6 Å². The number of rotatable bonds is 5. The summed E-state index contributed by atoms with van der Waals surface area (Å²) in [6.45, 7) is 3.61. The highest BCUT2D eigenvalue weighted by Gasteiger charge is 2.43. The minimum absolute atomic E-state index is 0.0597. The largest absolute Gasteiger partial charge is 0.394 e. The van der Waals surface area contributed by atoms with Crippen LogP contribution in [0, 0.1) is 11.8 Å². The molecule has 34 heavy (non-hydrogen) atoms. The smallest absolute Gasteiger partial charge is 0.227 e. The van der Waals surface area contributed by atoms with Crippen LogP contribution in [0.2, 0.25) is 5.02 Å². The van der Waals surface area contributed by atoms with E-state index in [0.29, 0.717) is 28.4 Å². The third kappa shape index (κ3) is 4.03. The zero-order chi connectivity index (χ0) is 23.3. The number of aliphatic hydroxyl groups excluding tert-OH is 1. The van der Waals surface area contributed by atoms with Crippen molar-refractivity contribution in [3.63, 3.8) is 0 Å². The molecule has 2 N–H and O–H groups in total. The van der Waals surface area contributed by atoms with Gasteiger partial charge in [0.05, 0.1) is 46.1 Å². The summed E-state index contributed by atoms with van der Waals surface area (Å²) in [4.78, 5) is 23.9. The van der Waals surface area contributed by atoms with E-state index in [2.05, 4.69) is 25.1 Å². The number of aromatic nitrogens is 4. The van der Waals surface area contributed by atoms with Gasteiger partial charge in [-0.15, -0.1) is 0 Å². The summed E-state index contributed by atoms with van der Waals surface area (Å²) < 4.78 is 13.1. The van der Waals surface area contributed by atoms with Crippen LogP contribution >= 0.6 is 11.6 Å². The number of hydrogen-bond donors (Lipinski definition) is 2. The van der Waals surface area contributed by atoms with Crippen LogP contribution in [0.5, 0.6) is 0 Å². The van der Waals surface area contributed by atoms with Crippen LogP contribution in [0.3, 0.4) is 0 Å². The normalized spacial score (nSPS) is 27.6. The van der Waals surface area contributed by atoms with Crippen molar-refractivity contribution in [3.8, 4) is 0 Å². The Morgan fingerprint density at radius 2 is 1.71 bits per heavy atom. The fourth-order valence-electron chi connectivity index (χ4n) is 5.71. The third-order valence-electron chi connectivity index (χ3n) is 7.80. The van der Waals surface area contributed by atoms with Crippen LogP contribution < -0.4 is 15.1 Å². The van der Waals surface area contributed by atoms with Gasteiger partial charge in [-0.05, 0) is 38.5 Å². The molecule has 3 aliphatic heterocycles. The summed E-state index contributed by atoms with van der Waals surface area (Å²) >= 11 is 5.94. The highest BCUT2D eigenvalue weighted by atomic mass is 35.5. The predicted octanol–water partition coefficient (Wildman–Crippen LogP) is 2.26. The van der Waals surface area contributed by atoms with Crippen LogP contribution in [-0.2, 0) is 17.2 Å². The van der Waals surface area contributed by atoms with Crippen molar-refractivity contribution in [2.75, 3.05) is 53.7 Å². The van der Waals surface area contributed by atoms with Gasteiger partial charge in [0.1, 0.15) is 10.7 Å². The molecule has 0 amide bonds. The predicted molar refractivity (Wildman–Crippen MR) is 132 cm³/mol. The number of anilines is 3.